The molecule has 3 rings (SSSR count). The van der Waals surface area contributed by atoms with Crippen LogP contribution in [-0.4, -0.2) is 20.7 Å². The van der Waals surface area contributed by atoms with Gasteiger partial charge in [-0.3, -0.25) is 4.40 Å². The minimum atomic E-state index is 0.508. The number of fused-ring (bicyclic) bond motifs is 1. The number of thiazole rings is 1. The van der Waals surface area contributed by atoms with E-state index in [9.17, 15) is 0 Å². The molecule has 1 saturated carbocycles. The third-order valence-corrected chi connectivity index (χ3v) is 5.69. The average molecular weight is 295 g/mol. The maximum atomic E-state index is 4.82. The standard InChI is InChI=1S/C14H21N3S2/c1-10(2)15-9-12-13(19-11-5-3-4-6-11)16-14-17(12)7-8-18-14/h7-8,10-11,15H,3-6,9H2,1-2H3. The molecule has 19 heavy (non-hydrogen) atoms. The molecule has 0 unspecified atom stereocenters. The maximum absolute atomic E-state index is 4.82. The van der Waals surface area contributed by atoms with Gasteiger partial charge in [-0.1, -0.05) is 26.7 Å². The highest BCUT2D eigenvalue weighted by molar-refractivity contribution is 7.99. The molecule has 2 aromatic heterocycles. The molecule has 0 aromatic carbocycles. The Kier molecular flexibility index (Phi) is 4.15. The molecule has 0 spiro atoms. The van der Waals surface area contributed by atoms with E-state index in [4.69, 9.17) is 4.98 Å². The molecule has 0 saturated heterocycles. The predicted molar refractivity (Wildman–Crippen MR) is 83.2 cm³/mol. The van der Waals surface area contributed by atoms with Crippen LogP contribution in [-0.2, 0) is 6.54 Å². The van der Waals surface area contributed by atoms with Crippen LogP contribution in [0.2, 0.25) is 0 Å². The number of nitrogens with one attached hydrogen (secondary N) is 1. The predicted octanol–water partition coefficient (Wildman–Crippen LogP) is 3.93. The monoisotopic (exact) mass is 295 g/mol. The Balaban J connectivity index is 1.83. The second kappa shape index (κ2) is 5.85. The largest absolute Gasteiger partial charge is 0.309 e. The molecule has 1 N–H and O–H groups in total. The van der Waals surface area contributed by atoms with Crippen molar-refractivity contribution in [3.8, 4) is 0 Å². The van der Waals surface area contributed by atoms with Crippen molar-refractivity contribution in [1.29, 1.82) is 0 Å². The average Bonchev–Trinajstić information content (AvgIpc) is 3.04. The zero-order valence-electron chi connectivity index (χ0n) is 11.6. The van der Waals surface area contributed by atoms with Crippen molar-refractivity contribution in [2.24, 2.45) is 0 Å². The molecule has 0 aliphatic heterocycles. The molecule has 0 bridgehead atoms. The van der Waals surface area contributed by atoms with Gasteiger partial charge in [0.2, 0.25) is 0 Å². The van der Waals surface area contributed by atoms with E-state index in [-0.39, 0.29) is 0 Å². The first kappa shape index (κ1) is 13.5. The Morgan fingerprint density at radius 3 is 3.00 bits per heavy atom. The molecule has 5 heteroatoms. The zero-order chi connectivity index (χ0) is 13.2. The first-order valence-electron chi connectivity index (χ1n) is 7.08. The number of aromatic nitrogens is 2. The molecule has 1 aliphatic carbocycles. The van der Waals surface area contributed by atoms with Crippen molar-refractivity contribution >= 4 is 28.1 Å². The molecule has 3 nitrogen and oxygen atoms in total. The van der Waals surface area contributed by atoms with Gasteiger partial charge >= 0.3 is 0 Å². The van der Waals surface area contributed by atoms with Crippen LogP contribution in [0, 0.1) is 0 Å². The van der Waals surface area contributed by atoms with Crippen LogP contribution in [0.1, 0.15) is 45.2 Å². The summed E-state index contributed by atoms with van der Waals surface area (Å²) in [6, 6.07) is 0.508. The third-order valence-electron chi connectivity index (χ3n) is 3.58. The van der Waals surface area contributed by atoms with Crippen LogP contribution in [0.15, 0.2) is 16.6 Å². The topological polar surface area (TPSA) is 29.3 Å². The van der Waals surface area contributed by atoms with Gasteiger partial charge in [0.25, 0.3) is 0 Å². The van der Waals surface area contributed by atoms with Gasteiger partial charge in [-0.25, -0.2) is 4.98 Å². The fraction of sp³-hybridized carbons (Fsp3) is 0.643. The van der Waals surface area contributed by atoms with Gasteiger partial charge in [0, 0.05) is 29.4 Å². The van der Waals surface area contributed by atoms with E-state index in [1.807, 2.05) is 11.8 Å². The van der Waals surface area contributed by atoms with Crippen LogP contribution in [0.4, 0.5) is 0 Å². The SMILES string of the molecule is CC(C)NCc1c(SC2CCCC2)nc2sccn12. The smallest absolute Gasteiger partial charge is 0.194 e. The normalized spacial score (nSPS) is 17.0. The van der Waals surface area contributed by atoms with Crippen LogP contribution < -0.4 is 5.32 Å². The number of hydrogen-bond acceptors (Lipinski definition) is 4. The minimum absolute atomic E-state index is 0.508. The summed E-state index contributed by atoms with van der Waals surface area (Å²) < 4.78 is 2.25. The van der Waals surface area contributed by atoms with E-state index in [0.29, 0.717) is 6.04 Å². The van der Waals surface area contributed by atoms with E-state index in [2.05, 4.69) is 35.1 Å². The lowest BCUT2D eigenvalue weighted by molar-refractivity contribution is 0.574. The molecular formula is C14H21N3S2. The van der Waals surface area contributed by atoms with E-state index in [1.165, 1.54) is 36.4 Å². The Labute approximate surface area is 122 Å². The van der Waals surface area contributed by atoms with Crippen molar-refractivity contribution in [3.63, 3.8) is 0 Å². The highest BCUT2D eigenvalue weighted by atomic mass is 32.2. The second-order valence-corrected chi connectivity index (χ2v) is 7.64. The highest BCUT2D eigenvalue weighted by Crippen LogP contribution is 2.36. The molecule has 0 amide bonds. The summed E-state index contributed by atoms with van der Waals surface area (Å²) in [6.07, 6.45) is 7.63. The number of nitrogens with zero attached hydrogens (tertiary/aromatic N) is 2. The van der Waals surface area contributed by atoms with E-state index in [0.717, 1.165) is 16.8 Å². The van der Waals surface area contributed by atoms with Gasteiger partial charge in [-0.2, -0.15) is 0 Å². The molecular weight excluding hydrogens is 274 g/mol. The summed E-state index contributed by atoms with van der Waals surface area (Å²) >= 11 is 3.72. The van der Waals surface area contributed by atoms with Crippen LogP contribution in [0.3, 0.4) is 0 Å². The quantitative estimate of drug-likeness (QED) is 0.906. The van der Waals surface area contributed by atoms with Crippen molar-refractivity contribution in [3.05, 3.63) is 17.3 Å². The molecule has 0 atom stereocenters. The molecule has 1 aliphatic rings. The summed E-state index contributed by atoms with van der Waals surface area (Å²) in [5, 5.41) is 7.66. The molecule has 2 heterocycles. The van der Waals surface area contributed by atoms with Gasteiger partial charge in [0.15, 0.2) is 4.96 Å². The van der Waals surface area contributed by atoms with E-state index in [1.54, 1.807) is 11.3 Å². The minimum Gasteiger partial charge on any atom is -0.309 e. The van der Waals surface area contributed by atoms with Gasteiger partial charge < -0.3 is 5.32 Å². The van der Waals surface area contributed by atoms with E-state index >= 15 is 0 Å². The van der Waals surface area contributed by atoms with Gasteiger partial charge in [-0.05, 0) is 12.8 Å². The fourth-order valence-electron chi connectivity index (χ4n) is 2.53. The van der Waals surface area contributed by atoms with E-state index < -0.39 is 0 Å². The van der Waals surface area contributed by atoms with Crippen LogP contribution >= 0.6 is 23.1 Å². The van der Waals surface area contributed by atoms with Gasteiger partial charge in [0.1, 0.15) is 5.03 Å². The Hall–Kier alpha value is -0.520. The lowest BCUT2D eigenvalue weighted by Gasteiger charge is -2.11. The number of thioether (sulfide) groups is 1. The summed E-state index contributed by atoms with van der Waals surface area (Å²) in [7, 11) is 0. The second-order valence-electron chi connectivity index (χ2n) is 5.48. The third kappa shape index (κ3) is 2.98. The van der Waals surface area contributed by atoms with Crippen molar-refractivity contribution < 1.29 is 0 Å². The number of rotatable bonds is 5. The lowest BCUT2D eigenvalue weighted by atomic mass is 10.3. The Morgan fingerprint density at radius 2 is 2.26 bits per heavy atom. The lowest BCUT2D eigenvalue weighted by Crippen LogP contribution is -2.23. The first-order chi connectivity index (χ1) is 9.24. The van der Waals surface area contributed by atoms with Crippen LogP contribution in [0.25, 0.3) is 4.96 Å². The molecule has 1 fully saturated rings. The summed E-state index contributed by atoms with van der Waals surface area (Å²) in [4.78, 5) is 5.94. The van der Waals surface area contributed by atoms with Crippen molar-refractivity contribution in [2.75, 3.05) is 0 Å². The van der Waals surface area contributed by atoms with Crippen LogP contribution in [0.5, 0.6) is 0 Å². The number of imidazole rings is 1. The Bertz CT molecular complexity index is 538. The van der Waals surface area contributed by atoms with Crippen molar-refractivity contribution in [1.82, 2.24) is 14.7 Å². The van der Waals surface area contributed by atoms with Gasteiger partial charge in [-0.15, -0.1) is 23.1 Å². The maximum Gasteiger partial charge on any atom is 0.194 e. The Morgan fingerprint density at radius 1 is 1.47 bits per heavy atom. The highest BCUT2D eigenvalue weighted by Gasteiger charge is 2.21. The summed E-state index contributed by atoms with van der Waals surface area (Å²) in [5.41, 5.74) is 1.34. The van der Waals surface area contributed by atoms with Gasteiger partial charge in [0.05, 0.1) is 5.69 Å². The summed E-state index contributed by atoms with van der Waals surface area (Å²) in [6.45, 7) is 5.29. The molecule has 104 valence electrons. The molecule has 0 radical (unpaired) electrons. The molecule has 2 aromatic rings. The fourth-order valence-corrected chi connectivity index (χ4v) is 4.65. The van der Waals surface area contributed by atoms with Crippen molar-refractivity contribution in [2.45, 2.75) is 62.4 Å². The first-order valence-corrected chi connectivity index (χ1v) is 8.84. The number of hydrogen-bond donors (Lipinski definition) is 1. The summed E-state index contributed by atoms with van der Waals surface area (Å²) in [5.74, 6) is 0. The zero-order valence-corrected chi connectivity index (χ0v) is 13.2.